The Morgan fingerprint density at radius 3 is 2.16 bits per heavy atom. The molecule has 0 bridgehead atoms. The maximum absolute atomic E-state index is 10.3. The molecule has 4 heteroatoms. The van der Waals surface area contributed by atoms with Crippen molar-refractivity contribution in [1.82, 2.24) is 9.88 Å². The number of nitrogens with zero attached hydrogens (tertiary/aromatic N) is 4. The first-order valence-corrected chi connectivity index (χ1v) is 9.75. The molecule has 0 N–H and O–H groups in total. The molecule has 1 saturated heterocycles. The Labute approximate surface area is 150 Å². The number of hydrogen-bond donors (Lipinski definition) is 0. The standard InChI is InChI=1S/C21H26N4/c22-15-20-10-4-1-7-17(20)13-18-8-2-5-11-21(18,16-23)25(20)14-19-9-3-6-12-24-19/h3,6,9,12,17-18H,1-2,4-5,7-8,10-11,13-14H2/t17-,18+,20+,21-. The molecule has 0 amide bonds. The highest BCUT2D eigenvalue weighted by atomic mass is 15.3. The van der Waals surface area contributed by atoms with Gasteiger partial charge in [0.15, 0.2) is 0 Å². The summed E-state index contributed by atoms with van der Waals surface area (Å²) in [6.45, 7) is 0.620. The molecule has 3 fully saturated rings. The third-order valence-electron chi connectivity index (χ3n) is 7.04. The van der Waals surface area contributed by atoms with Gasteiger partial charge >= 0.3 is 0 Å². The van der Waals surface area contributed by atoms with Crippen LogP contribution in [-0.2, 0) is 6.54 Å². The van der Waals surface area contributed by atoms with E-state index in [1.165, 1.54) is 12.8 Å². The van der Waals surface area contributed by atoms with Crippen LogP contribution in [0.5, 0.6) is 0 Å². The van der Waals surface area contributed by atoms with Crippen molar-refractivity contribution in [2.24, 2.45) is 11.8 Å². The molecule has 4 atom stereocenters. The first kappa shape index (κ1) is 16.6. The average Bonchev–Trinajstić information content (AvgIpc) is 2.68. The van der Waals surface area contributed by atoms with Crippen LogP contribution in [0.2, 0.25) is 0 Å². The highest BCUT2D eigenvalue weighted by molar-refractivity contribution is 5.28. The molecular weight excluding hydrogens is 308 g/mol. The normalized spacial score (nSPS) is 38.0. The fourth-order valence-electron chi connectivity index (χ4n) is 5.84. The summed E-state index contributed by atoms with van der Waals surface area (Å²) in [5, 5.41) is 20.6. The molecule has 2 aliphatic carbocycles. The minimum Gasteiger partial charge on any atom is -0.261 e. The average molecular weight is 334 g/mol. The van der Waals surface area contributed by atoms with Gasteiger partial charge < -0.3 is 0 Å². The fraction of sp³-hybridized carbons (Fsp3) is 0.667. The van der Waals surface area contributed by atoms with Crippen molar-refractivity contribution < 1.29 is 0 Å². The summed E-state index contributed by atoms with van der Waals surface area (Å²) < 4.78 is 0. The Hall–Kier alpha value is -1.91. The number of pyridine rings is 1. The molecule has 0 aromatic carbocycles. The molecule has 2 saturated carbocycles. The summed E-state index contributed by atoms with van der Waals surface area (Å²) >= 11 is 0. The first-order chi connectivity index (χ1) is 12.2. The minimum absolute atomic E-state index is 0.402. The van der Waals surface area contributed by atoms with E-state index in [0.717, 1.165) is 50.6 Å². The smallest absolute Gasteiger partial charge is 0.113 e. The quantitative estimate of drug-likeness (QED) is 0.813. The summed E-state index contributed by atoms with van der Waals surface area (Å²) in [6, 6.07) is 11.4. The van der Waals surface area contributed by atoms with E-state index in [4.69, 9.17) is 0 Å². The number of piperidine rings is 1. The van der Waals surface area contributed by atoms with Gasteiger partial charge in [-0.05, 0) is 56.1 Å². The van der Waals surface area contributed by atoms with Gasteiger partial charge in [0.05, 0.1) is 17.8 Å². The zero-order valence-corrected chi connectivity index (χ0v) is 14.8. The Kier molecular flexibility index (Phi) is 4.26. The van der Waals surface area contributed by atoms with Gasteiger partial charge in [-0.25, -0.2) is 0 Å². The van der Waals surface area contributed by atoms with Crippen molar-refractivity contribution in [2.75, 3.05) is 0 Å². The highest BCUT2D eigenvalue weighted by Crippen LogP contribution is 2.56. The van der Waals surface area contributed by atoms with Crippen LogP contribution in [0, 0.1) is 34.5 Å². The Bertz CT molecular complexity index is 663. The van der Waals surface area contributed by atoms with E-state index in [2.05, 4.69) is 22.0 Å². The van der Waals surface area contributed by atoms with Crippen molar-refractivity contribution in [2.45, 2.75) is 75.4 Å². The lowest BCUT2D eigenvalue weighted by Crippen LogP contribution is -2.70. The van der Waals surface area contributed by atoms with E-state index < -0.39 is 11.1 Å². The molecule has 4 nitrogen and oxygen atoms in total. The predicted molar refractivity (Wildman–Crippen MR) is 95.0 cm³/mol. The summed E-state index contributed by atoms with van der Waals surface area (Å²) in [7, 11) is 0. The second kappa shape index (κ2) is 6.43. The van der Waals surface area contributed by atoms with Crippen molar-refractivity contribution in [3.8, 4) is 12.1 Å². The lowest BCUT2D eigenvalue weighted by atomic mass is 9.57. The number of aromatic nitrogens is 1. The van der Waals surface area contributed by atoms with Crippen molar-refractivity contribution in [3.63, 3.8) is 0 Å². The summed E-state index contributed by atoms with van der Waals surface area (Å²) in [4.78, 5) is 6.84. The van der Waals surface area contributed by atoms with E-state index in [0.29, 0.717) is 18.4 Å². The van der Waals surface area contributed by atoms with Gasteiger partial charge in [0.1, 0.15) is 11.1 Å². The lowest BCUT2D eigenvalue weighted by Gasteiger charge is -2.61. The number of likely N-dealkylation sites (tertiary alicyclic amines) is 1. The zero-order valence-electron chi connectivity index (χ0n) is 14.8. The van der Waals surface area contributed by atoms with Crippen LogP contribution < -0.4 is 0 Å². The van der Waals surface area contributed by atoms with E-state index in [-0.39, 0.29) is 0 Å². The van der Waals surface area contributed by atoms with Crippen LogP contribution in [0.15, 0.2) is 24.4 Å². The molecule has 130 valence electrons. The molecule has 1 aliphatic heterocycles. The van der Waals surface area contributed by atoms with Crippen molar-refractivity contribution in [1.29, 1.82) is 10.5 Å². The van der Waals surface area contributed by atoms with Gasteiger partial charge in [0.2, 0.25) is 0 Å². The molecular formula is C21H26N4. The summed E-state index contributed by atoms with van der Waals surface area (Å²) in [6.07, 6.45) is 11.6. The third kappa shape index (κ3) is 2.47. The van der Waals surface area contributed by atoms with Crippen molar-refractivity contribution in [3.05, 3.63) is 30.1 Å². The lowest BCUT2D eigenvalue weighted by molar-refractivity contribution is -0.117. The maximum atomic E-state index is 10.3. The predicted octanol–water partition coefficient (Wildman–Crippen LogP) is 4.19. The monoisotopic (exact) mass is 334 g/mol. The van der Waals surface area contributed by atoms with E-state index in [9.17, 15) is 10.5 Å². The fourth-order valence-corrected chi connectivity index (χ4v) is 5.84. The van der Waals surface area contributed by atoms with E-state index in [1.807, 2.05) is 24.4 Å². The molecule has 0 unspecified atom stereocenters. The van der Waals surface area contributed by atoms with Crippen LogP contribution in [0.4, 0.5) is 0 Å². The molecule has 1 aromatic rings. The molecule has 0 radical (unpaired) electrons. The number of nitriles is 2. The molecule has 2 heterocycles. The van der Waals surface area contributed by atoms with Gasteiger partial charge in [-0.1, -0.05) is 31.7 Å². The van der Waals surface area contributed by atoms with Crippen molar-refractivity contribution >= 4 is 0 Å². The topological polar surface area (TPSA) is 63.7 Å². The van der Waals surface area contributed by atoms with Gasteiger partial charge in [0.25, 0.3) is 0 Å². The van der Waals surface area contributed by atoms with Gasteiger partial charge in [0, 0.05) is 12.7 Å². The van der Waals surface area contributed by atoms with Crippen LogP contribution in [0.25, 0.3) is 0 Å². The number of rotatable bonds is 2. The van der Waals surface area contributed by atoms with Crippen LogP contribution in [-0.4, -0.2) is 21.0 Å². The Balaban J connectivity index is 1.81. The third-order valence-corrected chi connectivity index (χ3v) is 7.04. The SMILES string of the molecule is N#C[C@]12CCCC[C@H]1C[C@H]1CCCC[C@@]1(C#N)N2Cc1ccccn1. The highest BCUT2D eigenvalue weighted by Gasteiger charge is 2.61. The van der Waals surface area contributed by atoms with Crippen LogP contribution in [0.3, 0.4) is 0 Å². The molecule has 3 aliphatic rings. The minimum atomic E-state index is -0.487. The molecule has 0 spiro atoms. The zero-order chi connectivity index (χ0) is 17.3. The number of hydrogen-bond acceptors (Lipinski definition) is 4. The first-order valence-electron chi connectivity index (χ1n) is 9.75. The molecule has 25 heavy (non-hydrogen) atoms. The Morgan fingerprint density at radius 2 is 1.64 bits per heavy atom. The molecule has 4 rings (SSSR count). The maximum Gasteiger partial charge on any atom is 0.113 e. The Morgan fingerprint density at radius 1 is 1.00 bits per heavy atom. The second-order valence-electron chi connectivity index (χ2n) is 8.10. The van der Waals surface area contributed by atoms with E-state index >= 15 is 0 Å². The second-order valence-corrected chi connectivity index (χ2v) is 8.10. The van der Waals surface area contributed by atoms with Gasteiger partial charge in [-0.2, -0.15) is 10.5 Å². The van der Waals surface area contributed by atoms with E-state index in [1.54, 1.807) is 0 Å². The summed E-state index contributed by atoms with van der Waals surface area (Å²) in [5.41, 5.74) is 0.000820. The van der Waals surface area contributed by atoms with Crippen LogP contribution >= 0.6 is 0 Å². The van der Waals surface area contributed by atoms with Gasteiger partial charge in [-0.15, -0.1) is 0 Å². The van der Waals surface area contributed by atoms with Crippen LogP contribution in [0.1, 0.15) is 63.5 Å². The summed E-state index contributed by atoms with van der Waals surface area (Å²) in [5.74, 6) is 0.805. The largest absolute Gasteiger partial charge is 0.261 e. The molecule has 1 aromatic heterocycles. The number of fused-ring (bicyclic) bond motifs is 2. The van der Waals surface area contributed by atoms with Gasteiger partial charge in [-0.3, -0.25) is 9.88 Å².